The number of benzene rings is 1. The van der Waals surface area contributed by atoms with Gasteiger partial charge in [-0.3, -0.25) is 5.32 Å². The van der Waals surface area contributed by atoms with Crippen LogP contribution in [-0.4, -0.2) is 24.0 Å². The van der Waals surface area contributed by atoms with Crippen LogP contribution in [0.3, 0.4) is 0 Å². The van der Waals surface area contributed by atoms with E-state index < -0.39 is 41.2 Å². The Morgan fingerprint density at radius 3 is 1.92 bits per heavy atom. The van der Waals surface area contributed by atoms with Crippen LogP contribution in [-0.2, 0) is 16.3 Å². The van der Waals surface area contributed by atoms with Crippen molar-refractivity contribution in [3.05, 3.63) is 29.3 Å². The SMILES string of the molecule is CC(C)(C)OC(=O)Nc1ccc(C(F)(C(F)(F)F)C(F)(F)F)cc1CCl. The molecule has 26 heavy (non-hydrogen) atoms. The predicted octanol–water partition coefficient (Wildman–Crippen LogP) is 6.06. The zero-order chi connectivity index (χ0) is 20.6. The van der Waals surface area contributed by atoms with Gasteiger partial charge in [-0.15, -0.1) is 11.6 Å². The number of nitrogens with one attached hydrogen (secondary N) is 1. The molecule has 0 aliphatic heterocycles. The molecular weight excluding hydrogens is 395 g/mol. The quantitative estimate of drug-likeness (QED) is 0.486. The summed E-state index contributed by atoms with van der Waals surface area (Å²) in [5.41, 5.74) is -8.71. The highest BCUT2D eigenvalue weighted by Gasteiger charge is 2.73. The minimum absolute atomic E-state index is 0.204. The van der Waals surface area contributed by atoms with Crippen molar-refractivity contribution in [2.45, 2.75) is 50.3 Å². The van der Waals surface area contributed by atoms with Gasteiger partial charge < -0.3 is 4.74 Å². The van der Waals surface area contributed by atoms with E-state index in [1.807, 2.05) is 0 Å². The molecule has 1 amide bonds. The first-order valence-electron chi connectivity index (χ1n) is 7.04. The third-order valence-electron chi connectivity index (χ3n) is 3.06. The minimum atomic E-state index is -6.24. The van der Waals surface area contributed by atoms with Gasteiger partial charge in [0.05, 0.1) is 0 Å². The normalized spacial score (nSPS) is 13.5. The molecule has 3 nitrogen and oxygen atoms in total. The summed E-state index contributed by atoms with van der Waals surface area (Å²) in [6.07, 6.45) is -13.5. The zero-order valence-corrected chi connectivity index (χ0v) is 14.5. The number of ether oxygens (including phenoxy) is 1. The number of rotatable bonds is 3. The Labute approximate surface area is 149 Å². The van der Waals surface area contributed by atoms with Crippen LogP contribution >= 0.6 is 11.6 Å². The van der Waals surface area contributed by atoms with Crippen LogP contribution < -0.4 is 5.32 Å². The predicted molar refractivity (Wildman–Crippen MR) is 80.8 cm³/mol. The highest BCUT2D eigenvalue weighted by Crippen LogP contribution is 2.53. The van der Waals surface area contributed by atoms with E-state index >= 15 is 0 Å². The molecule has 1 N–H and O–H groups in total. The maximum atomic E-state index is 14.1. The van der Waals surface area contributed by atoms with E-state index in [1.54, 1.807) is 20.8 Å². The molecular formula is C15H15ClF7NO2. The zero-order valence-electron chi connectivity index (χ0n) is 13.8. The maximum absolute atomic E-state index is 14.1. The van der Waals surface area contributed by atoms with E-state index in [0.29, 0.717) is 12.1 Å². The van der Waals surface area contributed by atoms with Gasteiger partial charge in [-0.1, -0.05) is 6.07 Å². The molecule has 1 rings (SSSR count). The largest absolute Gasteiger partial charge is 0.444 e. The second-order valence-corrected chi connectivity index (χ2v) is 6.55. The molecule has 0 fully saturated rings. The molecule has 0 aromatic heterocycles. The molecule has 0 heterocycles. The summed E-state index contributed by atoms with van der Waals surface area (Å²) >= 11 is 5.52. The molecule has 1 aromatic carbocycles. The number of hydrogen-bond acceptors (Lipinski definition) is 2. The van der Waals surface area contributed by atoms with Gasteiger partial charge in [0.15, 0.2) is 0 Å². The minimum Gasteiger partial charge on any atom is -0.444 e. The van der Waals surface area contributed by atoms with Crippen molar-refractivity contribution in [1.82, 2.24) is 0 Å². The summed E-state index contributed by atoms with van der Waals surface area (Å²) < 4.78 is 95.8. The van der Waals surface area contributed by atoms with E-state index in [9.17, 15) is 35.5 Å². The van der Waals surface area contributed by atoms with Crippen LogP contribution in [0.5, 0.6) is 0 Å². The smallest absolute Gasteiger partial charge is 0.435 e. The molecule has 0 aliphatic rings. The molecule has 148 valence electrons. The molecule has 1 aromatic rings. The fraction of sp³-hybridized carbons (Fsp3) is 0.533. The van der Waals surface area contributed by atoms with Crippen LogP contribution in [0.2, 0.25) is 0 Å². The number of hydrogen-bond donors (Lipinski definition) is 1. The van der Waals surface area contributed by atoms with Gasteiger partial charge >= 0.3 is 24.1 Å². The van der Waals surface area contributed by atoms with Gasteiger partial charge in [0.2, 0.25) is 0 Å². The first-order valence-corrected chi connectivity index (χ1v) is 7.58. The number of anilines is 1. The lowest BCUT2D eigenvalue weighted by molar-refractivity contribution is -0.348. The standard InChI is InChI=1S/C15H15ClF7NO2/c1-12(2,3)26-11(25)24-10-5-4-9(6-8(10)7-16)13(17,14(18,19)20)15(21,22)23/h4-6H,7H2,1-3H3,(H,24,25). The van der Waals surface area contributed by atoms with Crippen molar-refractivity contribution in [3.8, 4) is 0 Å². The molecule has 11 heteroatoms. The molecule has 0 aliphatic carbocycles. The van der Waals surface area contributed by atoms with E-state index in [1.165, 1.54) is 0 Å². The number of alkyl halides is 8. The average Bonchev–Trinajstić information content (AvgIpc) is 2.42. The maximum Gasteiger partial charge on any atom is 0.435 e. The number of carbonyl (C=O) groups is 1. The van der Waals surface area contributed by atoms with Gasteiger partial charge in [0.1, 0.15) is 5.60 Å². The summed E-state index contributed by atoms with van der Waals surface area (Å²) in [4.78, 5) is 11.7. The summed E-state index contributed by atoms with van der Waals surface area (Å²) in [7, 11) is 0. The molecule has 0 unspecified atom stereocenters. The Bertz CT molecular complexity index is 651. The van der Waals surface area contributed by atoms with Crippen molar-refractivity contribution in [3.63, 3.8) is 0 Å². The molecule has 0 radical (unpaired) electrons. The highest BCUT2D eigenvalue weighted by molar-refractivity contribution is 6.17. The summed E-state index contributed by atoms with van der Waals surface area (Å²) in [6.45, 7) is 4.63. The second kappa shape index (κ2) is 7.13. The Morgan fingerprint density at radius 1 is 1.04 bits per heavy atom. The van der Waals surface area contributed by atoms with Crippen LogP contribution in [0.25, 0.3) is 0 Å². The van der Waals surface area contributed by atoms with Gasteiger partial charge in [0.25, 0.3) is 0 Å². The Balaban J connectivity index is 3.33. The van der Waals surface area contributed by atoms with Gasteiger partial charge in [0, 0.05) is 17.1 Å². The third kappa shape index (κ3) is 4.72. The fourth-order valence-electron chi connectivity index (χ4n) is 1.94. The number of amides is 1. The first-order chi connectivity index (χ1) is 11.5. The van der Waals surface area contributed by atoms with Crippen molar-refractivity contribution in [1.29, 1.82) is 0 Å². The molecule has 0 saturated heterocycles. The number of carbonyl (C=O) groups excluding carboxylic acids is 1. The molecule has 0 saturated carbocycles. The Morgan fingerprint density at radius 2 is 1.54 bits per heavy atom. The van der Waals surface area contributed by atoms with Crippen molar-refractivity contribution >= 4 is 23.4 Å². The lowest BCUT2D eigenvalue weighted by Crippen LogP contribution is -2.50. The lowest BCUT2D eigenvalue weighted by atomic mass is 9.92. The van der Waals surface area contributed by atoms with Gasteiger partial charge in [-0.05, 0) is 38.5 Å². The molecule has 0 atom stereocenters. The van der Waals surface area contributed by atoms with E-state index in [0.717, 1.165) is 0 Å². The van der Waals surface area contributed by atoms with Crippen molar-refractivity contribution in [2.24, 2.45) is 0 Å². The van der Waals surface area contributed by atoms with Crippen molar-refractivity contribution < 1.29 is 40.3 Å². The monoisotopic (exact) mass is 409 g/mol. The third-order valence-corrected chi connectivity index (χ3v) is 3.35. The number of halogens is 8. The van der Waals surface area contributed by atoms with E-state index in [-0.39, 0.29) is 17.3 Å². The summed E-state index contributed by atoms with van der Waals surface area (Å²) in [5.74, 6) is -0.579. The second-order valence-electron chi connectivity index (χ2n) is 6.29. The van der Waals surface area contributed by atoms with E-state index in [4.69, 9.17) is 16.3 Å². The molecule has 0 spiro atoms. The van der Waals surface area contributed by atoms with E-state index in [2.05, 4.69) is 5.32 Å². The highest BCUT2D eigenvalue weighted by atomic mass is 35.5. The fourth-order valence-corrected chi connectivity index (χ4v) is 2.16. The molecule has 0 bridgehead atoms. The average molecular weight is 410 g/mol. The van der Waals surface area contributed by atoms with Crippen molar-refractivity contribution in [2.75, 3.05) is 5.32 Å². The summed E-state index contributed by atoms with van der Waals surface area (Å²) in [5, 5.41) is 2.14. The first kappa shape index (κ1) is 22.3. The van der Waals surface area contributed by atoms with Crippen LogP contribution in [0, 0.1) is 0 Å². The van der Waals surface area contributed by atoms with Crippen LogP contribution in [0.1, 0.15) is 31.9 Å². The Kier molecular flexibility index (Phi) is 6.12. The van der Waals surface area contributed by atoms with Crippen LogP contribution in [0.15, 0.2) is 18.2 Å². The lowest BCUT2D eigenvalue weighted by Gasteiger charge is -2.30. The van der Waals surface area contributed by atoms with Gasteiger partial charge in [-0.25, -0.2) is 9.18 Å². The Hall–Kier alpha value is -1.71. The van der Waals surface area contributed by atoms with Gasteiger partial charge in [-0.2, -0.15) is 26.3 Å². The van der Waals surface area contributed by atoms with Crippen LogP contribution in [0.4, 0.5) is 41.2 Å². The topological polar surface area (TPSA) is 38.3 Å². The summed E-state index contributed by atoms with van der Waals surface area (Å²) in [6, 6.07) is 1.28.